The molecule has 0 spiro atoms. The van der Waals surface area contributed by atoms with Crippen LogP contribution in [-0.4, -0.2) is 12.4 Å². The summed E-state index contributed by atoms with van der Waals surface area (Å²) in [5.41, 5.74) is 1.47. The highest BCUT2D eigenvalue weighted by Gasteiger charge is 2.31. The Balaban J connectivity index is 1.45. The smallest absolute Gasteiger partial charge is 0.133 e. The number of Topliss-reactive ketones (excluding diaryl/α,β-unsaturated/α-hetero) is 1. The minimum Gasteiger partial charge on any atom is -0.494 e. The molecular formula is C23H34O2. The average Bonchev–Trinajstić information content (AvgIpc) is 2.66. The summed E-state index contributed by atoms with van der Waals surface area (Å²) in [5.74, 6) is 3.69. The van der Waals surface area contributed by atoms with Crippen LogP contribution < -0.4 is 4.74 Å². The number of carbonyl (C=O) groups is 1. The Hall–Kier alpha value is -1.31. The maximum absolute atomic E-state index is 11.7. The van der Waals surface area contributed by atoms with Crippen molar-refractivity contribution in [2.24, 2.45) is 11.8 Å². The van der Waals surface area contributed by atoms with E-state index in [0.717, 1.165) is 44.0 Å². The molecule has 25 heavy (non-hydrogen) atoms. The molecule has 2 nitrogen and oxygen atoms in total. The van der Waals surface area contributed by atoms with Gasteiger partial charge in [0.2, 0.25) is 0 Å². The molecule has 138 valence electrons. The number of unbranched alkanes of at least 4 members (excludes halogenated alkanes) is 2. The summed E-state index contributed by atoms with van der Waals surface area (Å²) < 4.78 is 5.82. The number of rotatable bonds is 7. The minimum absolute atomic E-state index is 0.507. The van der Waals surface area contributed by atoms with Crippen molar-refractivity contribution < 1.29 is 9.53 Å². The first-order valence-electron chi connectivity index (χ1n) is 10.5. The summed E-state index contributed by atoms with van der Waals surface area (Å²) in [6, 6.07) is 8.83. The molecule has 0 radical (unpaired) electrons. The minimum atomic E-state index is 0.507. The number of benzene rings is 1. The molecule has 1 aromatic rings. The molecule has 2 aliphatic rings. The summed E-state index contributed by atoms with van der Waals surface area (Å²) in [6.07, 6.45) is 12.9. The second-order valence-electron chi connectivity index (χ2n) is 8.13. The Morgan fingerprint density at radius 1 is 0.960 bits per heavy atom. The molecule has 0 aliphatic heterocycles. The normalized spacial score (nSPS) is 27.2. The van der Waals surface area contributed by atoms with Gasteiger partial charge in [0.1, 0.15) is 11.5 Å². The van der Waals surface area contributed by atoms with E-state index in [1.165, 1.54) is 50.5 Å². The first-order chi connectivity index (χ1) is 12.3. The van der Waals surface area contributed by atoms with Crippen molar-refractivity contribution in [1.29, 1.82) is 0 Å². The zero-order valence-electron chi connectivity index (χ0n) is 15.8. The molecule has 2 fully saturated rings. The summed E-state index contributed by atoms with van der Waals surface area (Å²) >= 11 is 0. The van der Waals surface area contributed by atoms with Gasteiger partial charge >= 0.3 is 0 Å². The molecule has 2 aliphatic carbocycles. The first kappa shape index (κ1) is 18.5. The van der Waals surface area contributed by atoms with E-state index < -0.39 is 0 Å². The third-order valence-electron chi connectivity index (χ3n) is 6.33. The van der Waals surface area contributed by atoms with Gasteiger partial charge in [0.05, 0.1) is 6.61 Å². The van der Waals surface area contributed by atoms with Crippen LogP contribution in [-0.2, 0) is 4.79 Å². The quantitative estimate of drug-likeness (QED) is 0.544. The van der Waals surface area contributed by atoms with Crippen LogP contribution in [0.2, 0.25) is 0 Å². The third kappa shape index (κ3) is 5.33. The van der Waals surface area contributed by atoms with Gasteiger partial charge < -0.3 is 4.74 Å². The maximum Gasteiger partial charge on any atom is 0.133 e. The highest BCUT2D eigenvalue weighted by molar-refractivity contribution is 5.79. The Kier molecular flexibility index (Phi) is 6.95. The SMILES string of the molecule is CCCCCOc1ccc(C2CCC(C3CCCC(=O)C3)CC2)cc1. The monoisotopic (exact) mass is 342 g/mol. The molecule has 0 N–H and O–H groups in total. The summed E-state index contributed by atoms with van der Waals surface area (Å²) in [7, 11) is 0. The van der Waals surface area contributed by atoms with Crippen LogP contribution >= 0.6 is 0 Å². The zero-order valence-corrected chi connectivity index (χ0v) is 15.8. The van der Waals surface area contributed by atoms with Crippen LogP contribution in [0.4, 0.5) is 0 Å². The molecule has 0 heterocycles. The van der Waals surface area contributed by atoms with Crippen molar-refractivity contribution in [1.82, 2.24) is 0 Å². The molecule has 1 atom stereocenters. The molecular weight excluding hydrogens is 308 g/mol. The number of ether oxygens (including phenoxy) is 1. The number of hydrogen-bond acceptors (Lipinski definition) is 2. The van der Waals surface area contributed by atoms with E-state index in [2.05, 4.69) is 31.2 Å². The van der Waals surface area contributed by atoms with Gasteiger partial charge in [-0.2, -0.15) is 0 Å². The van der Waals surface area contributed by atoms with Crippen LogP contribution in [0.3, 0.4) is 0 Å². The zero-order chi connectivity index (χ0) is 17.5. The van der Waals surface area contributed by atoms with Crippen LogP contribution in [0.5, 0.6) is 5.75 Å². The van der Waals surface area contributed by atoms with Crippen LogP contribution in [0.1, 0.15) is 89.0 Å². The summed E-state index contributed by atoms with van der Waals surface area (Å²) in [5, 5.41) is 0. The molecule has 0 amide bonds. The average molecular weight is 343 g/mol. The molecule has 3 rings (SSSR count). The van der Waals surface area contributed by atoms with E-state index in [1.54, 1.807) is 0 Å². The van der Waals surface area contributed by atoms with Crippen molar-refractivity contribution in [2.75, 3.05) is 6.61 Å². The standard InChI is InChI=1S/C23H34O2/c1-2-3-4-16-25-23-14-12-19(13-15-23)18-8-10-20(11-9-18)21-6-5-7-22(24)17-21/h12-15,18,20-21H,2-11,16-17H2,1H3. The van der Waals surface area contributed by atoms with E-state index in [-0.39, 0.29) is 0 Å². The van der Waals surface area contributed by atoms with E-state index in [0.29, 0.717) is 17.6 Å². The predicted molar refractivity (Wildman–Crippen MR) is 103 cm³/mol. The molecule has 0 saturated heterocycles. The van der Waals surface area contributed by atoms with Gasteiger partial charge in [-0.25, -0.2) is 0 Å². The van der Waals surface area contributed by atoms with Gasteiger partial charge in [-0.15, -0.1) is 0 Å². The van der Waals surface area contributed by atoms with Crippen molar-refractivity contribution in [2.45, 2.75) is 83.5 Å². The van der Waals surface area contributed by atoms with Crippen molar-refractivity contribution >= 4 is 5.78 Å². The van der Waals surface area contributed by atoms with E-state index >= 15 is 0 Å². The molecule has 2 saturated carbocycles. The Morgan fingerprint density at radius 3 is 2.40 bits per heavy atom. The van der Waals surface area contributed by atoms with Crippen molar-refractivity contribution in [3.8, 4) is 5.75 Å². The Labute approximate surface area is 153 Å². The molecule has 0 aromatic heterocycles. The largest absolute Gasteiger partial charge is 0.494 e. The lowest BCUT2D eigenvalue weighted by Gasteiger charge is -2.35. The second kappa shape index (κ2) is 9.40. The fourth-order valence-electron chi connectivity index (χ4n) is 4.76. The molecule has 2 heteroatoms. The Morgan fingerprint density at radius 2 is 1.72 bits per heavy atom. The highest BCUT2D eigenvalue weighted by atomic mass is 16.5. The van der Waals surface area contributed by atoms with E-state index in [9.17, 15) is 4.79 Å². The lowest BCUT2D eigenvalue weighted by molar-refractivity contribution is -0.122. The number of ketones is 1. The van der Waals surface area contributed by atoms with Crippen LogP contribution in [0.15, 0.2) is 24.3 Å². The van der Waals surface area contributed by atoms with Gasteiger partial charge in [0.25, 0.3) is 0 Å². The molecule has 1 aromatic carbocycles. The maximum atomic E-state index is 11.7. The van der Waals surface area contributed by atoms with Gasteiger partial charge in [0, 0.05) is 12.8 Å². The lowest BCUT2D eigenvalue weighted by atomic mass is 9.69. The van der Waals surface area contributed by atoms with Crippen LogP contribution in [0, 0.1) is 11.8 Å². The fourth-order valence-corrected chi connectivity index (χ4v) is 4.76. The Bertz CT molecular complexity index is 526. The van der Waals surface area contributed by atoms with E-state index in [1.807, 2.05) is 0 Å². The number of carbonyl (C=O) groups excluding carboxylic acids is 1. The molecule has 1 unspecified atom stereocenters. The predicted octanol–water partition coefficient (Wildman–Crippen LogP) is 6.29. The van der Waals surface area contributed by atoms with Crippen molar-refractivity contribution in [3.63, 3.8) is 0 Å². The fraction of sp³-hybridized carbons (Fsp3) is 0.696. The molecule has 0 bridgehead atoms. The van der Waals surface area contributed by atoms with Gasteiger partial charge in [-0.3, -0.25) is 4.79 Å². The summed E-state index contributed by atoms with van der Waals surface area (Å²) in [4.78, 5) is 11.7. The first-order valence-corrected chi connectivity index (χ1v) is 10.5. The van der Waals surface area contributed by atoms with Gasteiger partial charge in [0.15, 0.2) is 0 Å². The number of hydrogen-bond donors (Lipinski definition) is 0. The highest BCUT2D eigenvalue weighted by Crippen LogP contribution is 2.42. The van der Waals surface area contributed by atoms with Gasteiger partial charge in [-0.1, -0.05) is 31.9 Å². The van der Waals surface area contributed by atoms with Gasteiger partial charge in [-0.05, 0) is 80.4 Å². The van der Waals surface area contributed by atoms with Crippen LogP contribution in [0.25, 0.3) is 0 Å². The topological polar surface area (TPSA) is 26.3 Å². The van der Waals surface area contributed by atoms with Crippen molar-refractivity contribution in [3.05, 3.63) is 29.8 Å². The van der Waals surface area contributed by atoms with E-state index in [4.69, 9.17) is 4.74 Å². The summed E-state index contributed by atoms with van der Waals surface area (Å²) in [6.45, 7) is 3.05. The third-order valence-corrected chi connectivity index (χ3v) is 6.33. The second-order valence-corrected chi connectivity index (χ2v) is 8.13. The lowest BCUT2D eigenvalue weighted by Crippen LogP contribution is -2.26.